The van der Waals surface area contributed by atoms with E-state index in [1.807, 2.05) is 18.2 Å². The minimum absolute atomic E-state index is 0.167. The van der Waals surface area contributed by atoms with Crippen molar-refractivity contribution in [1.29, 1.82) is 0 Å². The highest BCUT2D eigenvalue weighted by Gasteiger charge is 2.09. The monoisotopic (exact) mass is 354 g/mol. The van der Waals surface area contributed by atoms with Crippen molar-refractivity contribution in [1.82, 2.24) is 19.7 Å². The normalized spacial score (nSPS) is 11.0. The molecule has 0 amide bonds. The molecule has 0 aliphatic carbocycles. The van der Waals surface area contributed by atoms with Gasteiger partial charge in [0.05, 0.1) is 16.6 Å². The molecule has 2 aromatic heterocycles. The molecule has 0 spiro atoms. The molecule has 24 heavy (non-hydrogen) atoms. The van der Waals surface area contributed by atoms with Crippen molar-refractivity contribution in [2.75, 3.05) is 0 Å². The van der Waals surface area contributed by atoms with Crippen LogP contribution in [0.25, 0.3) is 28.0 Å². The van der Waals surface area contributed by atoms with Crippen molar-refractivity contribution in [2.45, 2.75) is 0 Å². The average Bonchev–Trinajstić information content (AvgIpc) is 3.02. The van der Waals surface area contributed by atoms with Crippen molar-refractivity contribution in [3.63, 3.8) is 0 Å². The Morgan fingerprint density at radius 1 is 1.04 bits per heavy atom. The molecule has 0 aliphatic heterocycles. The van der Waals surface area contributed by atoms with Gasteiger partial charge >= 0.3 is 0 Å². The second-order valence-corrected chi connectivity index (χ2v) is 5.84. The van der Waals surface area contributed by atoms with Crippen LogP contribution in [0.15, 0.2) is 57.7 Å². The lowest BCUT2D eigenvalue weighted by Crippen LogP contribution is -2.20. The van der Waals surface area contributed by atoms with E-state index in [0.29, 0.717) is 27.3 Å². The standard InChI is InChI=1S/C16H10N4O2S2/c21-14-11-3-1-2-4-12(11)17-15(23)20(14)10-7-5-9(6-8-10)13-18-19-16(24)22-13/h1-8H,(H,17,23)(H,19,24). The van der Waals surface area contributed by atoms with Crippen LogP contribution in [-0.4, -0.2) is 19.7 Å². The zero-order valence-electron chi connectivity index (χ0n) is 12.1. The molecule has 0 unspecified atom stereocenters. The van der Waals surface area contributed by atoms with Crippen LogP contribution < -0.4 is 5.56 Å². The number of H-pyrrole nitrogens is 2. The minimum atomic E-state index is -0.167. The van der Waals surface area contributed by atoms with Crippen molar-refractivity contribution >= 4 is 35.3 Å². The maximum absolute atomic E-state index is 12.7. The van der Waals surface area contributed by atoms with Crippen LogP contribution in [0.2, 0.25) is 0 Å². The first kappa shape index (κ1) is 14.7. The van der Waals surface area contributed by atoms with Crippen LogP contribution in [0.5, 0.6) is 0 Å². The fourth-order valence-corrected chi connectivity index (χ4v) is 2.93. The average molecular weight is 354 g/mol. The summed E-state index contributed by atoms with van der Waals surface area (Å²) in [5.74, 6) is 0.391. The van der Waals surface area contributed by atoms with E-state index in [2.05, 4.69) is 15.2 Å². The molecule has 6 nitrogen and oxygen atoms in total. The molecule has 8 heteroatoms. The number of hydrogen-bond donors (Lipinski definition) is 2. The summed E-state index contributed by atoms with van der Waals surface area (Å²) in [5.41, 5.74) is 1.95. The van der Waals surface area contributed by atoms with E-state index >= 15 is 0 Å². The maximum Gasteiger partial charge on any atom is 0.284 e. The summed E-state index contributed by atoms with van der Waals surface area (Å²) in [4.78, 5) is 16.0. The van der Waals surface area contributed by atoms with Gasteiger partial charge in [0.2, 0.25) is 5.89 Å². The Hall–Kier alpha value is -2.84. The van der Waals surface area contributed by atoms with E-state index in [9.17, 15) is 4.79 Å². The van der Waals surface area contributed by atoms with Crippen LogP contribution in [0.1, 0.15) is 0 Å². The minimum Gasteiger partial charge on any atom is -0.409 e. The molecule has 0 saturated heterocycles. The number of benzene rings is 2. The second kappa shape index (κ2) is 5.66. The van der Waals surface area contributed by atoms with Crippen LogP contribution in [-0.2, 0) is 0 Å². The summed E-state index contributed by atoms with van der Waals surface area (Å²) in [5, 5.41) is 7.12. The Bertz CT molecular complexity index is 1220. The Morgan fingerprint density at radius 2 is 1.79 bits per heavy atom. The molecular weight excluding hydrogens is 344 g/mol. The summed E-state index contributed by atoms with van der Waals surface area (Å²) in [7, 11) is 0. The molecule has 0 aliphatic rings. The van der Waals surface area contributed by atoms with Gasteiger partial charge in [-0.2, -0.15) is 0 Å². The van der Waals surface area contributed by atoms with E-state index in [0.717, 1.165) is 5.56 Å². The van der Waals surface area contributed by atoms with Gasteiger partial charge in [-0.1, -0.05) is 12.1 Å². The largest absolute Gasteiger partial charge is 0.409 e. The summed E-state index contributed by atoms with van der Waals surface area (Å²) >= 11 is 10.2. The first-order valence-corrected chi connectivity index (χ1v) is 7.85. The van der Waals surface area contributed by atoms with Crippen LogP contribution in [0, 0.1) is 9.61 Å². The van der Waals surface area contributed by atoms with Crippen molar-refractivity contribution in [3.8, 4) is 17.1 Å². The van der Waals surface area contributed by atoms with Crippen molar-refractivity contribution < 1.29 is 4.42 Å². The van der Waals surface area contributed by atoms with Gasteiger partial charge in [-0.3, -0.25) is 9.36 Å². The fourth-order valence-electron chi connectivity index (χ4n) is 2.50. The molecule has 2 N–H and O–H groups in total. The van der Waals surface area contributed by atoms with E-state index in [4.69, 9.17) is 28.9 Å². The lowest BCUT2D eigenvalue weighted by Gasteiger charge is -2.08. The molecule has 2 aromatic carbocycles. The van der Waals surface area contributed by atoms with E-state index in [1.54, 1.807) is 30.3 Å². The molecule has 4 rings (SSSR count). The third-order valence-electron chi connectivity index (χ3n) is 3.62. The zero-order valence-corrected chi connectivity index (χ0v) is 13.8. The quantitative estimate of drug-likeness (QED) is 0.536. The fraction of sp³-hybridized carbons (Fsp3) is 0. The Kier molecular flexibility index (Phi) is 3.47. The number of aromatic amines is 2. The lowest BCUT2D eigenvalue weighted by atomic mass is 10.2. The first-order chi connectivity index (χ1) is 11.6. The lowest BCUT2D eigenvalue weighted by molar-refractivity contribution is 0.552. The predicted molar refractivity (Wildman–Crippen MR) is 95.4 cm³/mol. The number of nitrogens with one attached hydrogen (secondary N) is 2. The molecule has 118 valence electrons. The zero-order chi connectivity index (χ0) is 16.7. The maximum atomic E-state index is 12.7. The molecule has 2 heterocycles. The molecular formula is C16H10N4O2S2. The SMILES string of the molecule is O=c1c2ccccc2[nH]c(=S)n1-c1ccc(-c2n[nH]c(=S)o2)cc1. The highest BCUT2D eigenvalue weighted by Crippen LogP contribution is 2.19. The third kappa shape index (κ3) is 2.41. The smallest absolute Gasteiger partial charge is 0.284 e. The van der Waals surface area contributed by atoms with Crippen LogP contribution >= 0.6 is 24.4 Å². The number of nitrogens with zero attached hydrogens (tertiary/aromatic N) is 2. The van der Waals surface area contributed by atoms with Gasteiger partial charge in [0, 0.05) is 5.56 Å². The summed E-state index contributed by atoms with van der Waals surface area (Å²) in [6, 6.07) is 14.4. The highest BCUT2D eigenvalue weighted by molar-refractivity contribution is 7.71. The Morgan fingerprint density at radius 3 is 2.50 bits per heavy atom. The van der Waals surface area contributed by atoms with E-state index < -0.39 is 0 Å². The summed E-state index contributed by atoms with van der Waals surface area (Å²) in [6.45, 7) is 0. The number of rotatable bonds is 2. The van der Waals surface area contributed by atoms with E-state index in [-0.39, 0.29) is 10.4 Å². The van der Waals surface area contributed by atoms with Gasteiger partial charge in [0.25, 0.3) is 10.4 Å². The molecule has 0 atom stereocenters. The summed E-state index contributed by atoms with van der Waals surface area (Å²) < 4.78 is 7.07. The first-order valence-electron chi connectivity index (χ1n) is 7.04. The number of fused-ring (bicyclic) bond motifs is 1. The van der Waals surface area contributed by atoms with Crippen molar-refractivity contribution in [3.05, 3.63) is 68.5 Å². The van der Waals surface area contributed by atoms with Gasteiger partial charge < -0.3 is 9.40 Å². The number of para-hydroxylation sites is 1. The number of aromatic nitrogens is 4. The van der Waals surface area contributed by atoms with Crippen LogP contribution in [0.3, 0.4) is 0 Å². The summed E-state index contributed by atoms with van der Waals surface area (Å²) in [6.07, 6.45) is 0. The third-order valence-corrected chi connectivity index (χ3v) is 4.08. The van der Waals surface area contributed by atoms with Gasteiger partial charge in [0.15, 0.2) is 4.77 Å². The van der Waals surface area contributed by atoms with Gasteiger partial charge in [0.1, 0.15) is 0 Å². The van der Waals surface area contributed by atoms with Gasteiger partial charge in [-0.25, -0.2) is 5.10 Å². The molecule has 4 aromatic rings. The van der Waals surface area contributed by atoms with Crippen LogP contribution in [0.4, 0.5) is 0 Å². The van der Waals surface area contributed by atoms with Crippen molar-refractivity contribution in [2.24, 2.45) is 0 Å². The molecule has 0 saturated carbocycles. The highest BCUT2D eigenvalue weighted by atomic mass is 32.1. The van der Waals surface area contributed by atoms with Gasteiger partial charge in [-0.15, -0.1) is 5.10 Å². The Labute approximate surface area is 145 Å². The van der Waals surface area contributed by atoms with E-state index in [1.165, 1.54) is 4.57 Å². The van der Waals surface area contributed by atoms with Gasteiger partial charge in [-0.05, 0) is 60.8 Å². The number of hydrogen-bond acceptors (Lipinski definition) is 5. The molecule has 0 radical (unpaired) electrons. The Balaban J connectivity index is 1.87. The molecule has 0 fully saturated rings. The second-order valence-electron chi connectivity index (χ2n) is 5.08. The molecule has 0 bridgehead atoms. The topological polar surface area (TPSA) is 79.6 Å². The predicted octanol–water partition coefficient (Wildman–Crippen LogP) is 3.76.